The van der Waals surface area contributed by atoms with E-state index in [0.717, 1.165) is 28.3 Å². The SMILES string of the molecule is CCNc1nc(NCc2ncc(C)o2)c2ccsc2n1. The summed E-state index contributed by atoms with van der Waals surface area (Å²) in [6, 6.07) is 2.01. The Morgan fingerprint density at radius 1 is 1.30 bits per heavy atom. The van der Waals surface area contributed by atoms with Crippen LogP contribution in [0.25, 0.3) is 10.2 Å². The lowest BCUT2D eigenvalue weighted by Crippen LogP contribution is -2.07. The van der Waals surface area contributed by atoms with Crippen LogP contribution in [0.1, 0.15) is 18.6 Å². The number of hydrogen-bond donors (Lipinski definition) is 2. The Labute approximate surface area is 120 Å². The van der Waals surface area contributed by atoms with Crippen LogP contribution in [0, 0.1) is 6.92 Å². The summed E-state index contributed by atoms with van der Waals surface area (Å²) in [5.41, 5.74) is 0. The van der Waals surface area contributed by atoms with Crippen molar-refractivity contribution in [2.75, 3.05) is 17.2 Å². The van der Waals surface area contributed by atoms with Gasteiger partial charge >= 0.3 is 0 Å². The van der Waals surface area contributed by atoms with Gasteiger partial charge in [0.2, 0.25) is 11.8 Å². The average Bonchev–Trinajstić information content (AvgIpc) is 3.05. The van der Waals surface area contributed by atoms with Gasteiger partial charge in [0.1, 0.15) is 16.4 Å². The number of aryl methyl sites for hydroxylation is 1. The molecule has 0 aromatic carbocycles. The molecule has 0 saturated carbocycles. The van der Waals surface area contributed by atoms with Crippen molar-refractivity contribution in [3.8, 4) is 0 Å². The molecule has 0 atom stereocenters. The maximum absolute atomic E-state index is 5.45. The van der Waals surface area contributed by atoms with Gasteiger partial charge in [0.25, 0.3) is 0 Å². The van der Waals surface area contributed by atoms with E-state index in [-0.39, 0.29) is 0 Å². The van der Waals surface area contributed by atoms with Crippen LogP contribution in [0.3, 0.4) is 0 Å². The Hall–Kier alpha value is -2.15. The largest absolute Gasteiger partial charge is 0.444 e. The fourth-order valence-corrected chi connectivity index (χ4v) is 2.63. The summed E-state index contributed by atoms with van der Waals surface area (Å²) in [7, 11) is 0. The lowest BCUT2D eigenvalue weighted by molar-refractivity contribution is 0.479. The molecule has 0 bridgehead atoms. The highest BCUT2D eigenvalue weighted by atomic mass is 32.1. The molecule has 0 amide bonds. The second kappa shape index (κ2) is 5.46. The minimum atomic E-state index is 0.501. The summed E-state index contributed by atoms with van der Waals surface area (Å²) < 4.78 is 5.45. The van der Waals surface area contributed by atoms with Gasteiger partial charge in [-0.1, -0.05) is 0 Å². The first kappa shape index (κ1) is 12.9. The maximum atomic E-state index is 5.45. The van der Waals surface area contributed by atoms with E-state index in [1.807, 2.05) is 25.3 Å². The molecule has 0 radical (unpaired) electrons. The minimum Gasteiger partial charge on any atom is -0.444 e. The molecule has 2 N–H and O–H groups in total. The summed E-state index contributed by atoms with van der Waals surface area (Å²) >= 11 is 1.60. The molecule has 7 heteroatoms. The number of hydrogen-bond acceptors (Lipinski definition) is 7. The summed E-state index contributed by atoms with van der Waals surface area (Å²) in [5, 5.41) is 9.42. The van der Waals surface area contributed by atoms with Crippen LogP contribution in [0.4, 0.5) is 11.8 Å². The zero-order chi connectivity index (χ0) is 13.9. The normalized spacial score (nSPS) is 10.9. The van der Waals surface area contributed by atoms with Crippen LogP contribution >= 0.6 is 11.3 Å². The highest BCUT2D eigenvalue weighted by Gasteiger charge is 2.09. The van der Waals surface area contributed by atoms with Crippen molar-refractivity contribution >= 4 is 33.3 Å². The number of rotatable bonds is 5. The van der Waals surface area contributed by atoms with E-state index in [0.29, 0.717) is 18.4 Å². The minimum absolute atomic E-state index is 0.501. The highest BCUT2D eigenvalue weighted by molar-refractivity contribution is 7.16. The van der Waals surface area contributed by atoms with E-state index < -0.39 is 0 Å². The zero-order valence-electron chi connectivity index (χ0n) is 11.3. The Morgan fingerprint density at radius 2 is 2.20 bits per heavy atom. The molecule has 3 aromatic rings. The lowest BCUT2D eigenvalue weighted by atomic mass is 10.4. The molecule has 0 saturated heterocycles. The summed E-state index contributed by atoms with van der Waals surface area (Å²) in [5.74, 6) is 2.88. The van der Waals surface area contributed by atoms with Crippen LogP contribution in [0.2, 0.25) is 0 Å². The zero-order valence-corrected chi connectivity index (χ0v) is 12.1. The van der Waals surface area contributed by atoms with E-state index >= 15 is 0 Å². The number of fused-ring (bicyclic) bond motifs is 1. The van der Waals surface area contributed by atoms with Gasteiger partial charge in [-0.2, -0.15) is 4.98 Å². The van der Waals surface area contributed by atoms with Gasteiger partial charge in [0.05, 0.1) is 18.1 Å². The predicted octanol–water partition coefficient (Wildman–Crippen LogP) is 3.03. The van der Waals surface area contributed by atoms with Crippen molar-refractivity contribution in [3.05, 3.63) is 29.3 Å². The maximum Gasteiger partial charge on any atom is 0.226 e. The van der Waals surface area contributed by atoms with E-state index in [2.05, 4.69) is 25.6 Å². The standard InChI is InChI=1S/C13H15N5OS/c1-3-14-13-17-11(9-4-5-20-12(9)18-13)16-7-10-15-6-8(2)19-10/h4-6H,3,7H2,1-2H3,(H2,14,16,17,18). The Balaban J connectivity index is 1.87. The molecular formula is C13H15N5OS. The van der Waals surface area contributed by atoms with E-state index in [4.69, 9.17) is 4.42 Å². The van der Waals surface area contributed by atoms with Gasteiger partial charge in [0, 0.05) is 6.54 Å². The van der Waals surface area contributed by atoms with Crippen molar-refractivity contribution in [1.82, 2.24) is 15.0 Å². The van der Waals surface area contributed by atoms with Crippen LogP contribution in [0.15, 0.2) is 22.1 Å². The van der Waals surface area contributed by atoms with Crippen molar-refractivity contribution in [3.63, 3.8) is 0 Å². The van der Waals surface area contributed by atoms with E-state index in [9.17, 15) is 0 Å². The number of nitrogens with one attached hydrogen (secondary N) is 2. The highest BCUT2D eigenvalue weighted by Crippen LogP contribution is 2.26. The van der Waals surface area contributed by atoms with Gasteiger partial charge in [0.15, 0.2) is 0 Å². The third kappa shape index (κ3) is 2.57. The molecule has 0 fully saturated rings. The monoisotopic (exact) mass is 289 g/mol. The molecule has 0 aliphatic carbocycles. The van der Waals surface area contributed by atoms with Crippen molar-refractivity contribution in [1.29, 1.82) is 0 Å². The van der Waals surface area contributed by atoms with Crippen LogP contribution in [0.5, 0.6) is 0 Å². The molecule has 0 aliphatic heterocycles. The molecule has 20 heavy (non-hydrogen) atoms. The molecule has 0 spiro atoms. The van der Waals surface area contributed by atoms with E-state index in [1.165, 1.54) is 0 Å². The van der Waals surface area contributed by atoms with Crippen LogP contribution < -0.4 is 10.6 Å². The smallest absolute Gasteiger partial charge is 0.226 e. The molecular weight excluding hydrogens is 274 g/mol. The first-order valence-corrected chi connectivity index (χ1v) is 7.28. The van der Waals surface area contributed by atoms with Gasteiger partial charge in [-0.3, -0.25) is 0 Å². The molecule has 0 unspecified atom stereocenters. The van der Waals surface area contributed by atoms with Crippen molar-refractivity contribution in [2.45, 2.75) is 20.4 Å². The average molecular weight is 289 g/mol. The number of anilines is 2. The quantitative estimate of drug-likeness (QED) is 0.752. The molecule has 3 aromatic heterocycles. The first-order valence-electron chi connectivity index (χ1n) is 6.40. The summed E-state index contributed by atoms with van der Waals surface area (Å²) in [4.78, 5) is 14.1. The molecule has 3 heterocycles. The first-order chi connectivity index (χ1) is 9.76. The lowest BCUT2D eigenvalue weighted by Gasteiger charge is -2.07. The third-order valence-electron chi connectivity index (χ3n) is 2.74. The fourth-order valence-electron chi connectivity index (χ4n) is 1.87. The second-order valence-corrected chi connectivity index (χ2v) is 5.18. The van der Waals surface area contributed by atoms with Gasteiger partial charge in [-0.25, -0.2) is 9.97 Å². The fraction of sp³-hybridized carbons (Fsp3) is 0.308. The van der Waals surface area contributed by atoms with E-state index in [1.54, 1.807) is 17.5 Å². The van der Waals surface area contributed by atoms with Crippen molar-refractivity contribution in [2.24, 2.45) is 0 Å². The Morgan fingerprint density at radius 3 is 2.95 bits per heavy atom. The predicted molar refractivity (Wildman–Crippen MR) is 80.1 cm³/mol. The van der Waals surface area contributed by atoms with Gasteiger partial charge in [-0.15, -0.1) is 11.3 Å². The van der Waals surface area contributed by atoms with Gasteiger partial charge in [-0.05, 0) is 25.3 Å². The molecule has 3 rings (SSSR count). The Bertz CT molecular complexity index is 720. The molecule has 0 aliphatic rings. The Kier molecular flexibility index (Phi) is 3.51. The number of aromatic nitrogens is 3. The third-order valence-corrected chi connectivity index (χ3v) is 3.54. The molecule has 6 nitrogen and oxygen atoms in total. The van der Waals surface area contributed by atoms with Crippen LogP contribution in [-0.2, 0) is 6.54 Å². The molecule has 104 valence electrons. The van der Waals surface area contributed by atoms with Crippen molar-refractivity contribution < 1.29 is 4.42 Å². The number of thiophene rings is 1. The second-order valence-electron chi connectivity index (χ2n) is 4.28. The number of nitrogens with zero attached hydrogens (tertiary/aromatic N) is 3. The van der Waals surface area contributed by atoms with Crippen LogP contribution in [-0.4, -0.2) is 21.5 Å². The summed E-state index contributed by atoms with van der Waals surface area (Å²) in [6.45, 7) is 5.18. The summed E-state index contributed by atoms with van der Waals surface area (Å²) in [6.07, 6.45) is 1.71. The van der Waals surface area contributed by atoms with Gasteiger partial charge < -0.3 is 15.1 Å². The topological polar surface area (TPSA) is 75.9 Å². The number of oxazole rings is 1.